The van der Waals surface area contributed by atoms with Crippen LogP contribution in [-0.4, -0.2) is 53.5 Å². The fraction of sp³-hybridized carbons (Fsp3) is 0.556. The number of amidine groups is 1. The molecule has 2 aliphatic heterocycles. The first-order valence-corrected chi connectivity index (χ1v) is 10.6. The molecule has 0 aliphatic carbocycles. The number of anilines is 1. The van der Waals surface area contributed by atoms with Crippen molar-refractivity contribution in [2.45, 2.75) is 30.6 Å². The maximum Gasteiger partial charge on any atom is 0.262 e. The molecule has 1 amide bonds. The predicted octanol–water partition coefficient (Wildman–Crippen LogP) is 1.11. The summed E-state index contributed by atoms with van der Waals surface area (Å²) in [5.74, 6) is 0.340. The monoisotopic (exact) mass is 394 g/mol. The first kappa shape index (κ1) is 19.8. The minimum Gasteiger partial charge on any atom is -0.384 e. The summed E-state index contributed by atoms with van der Waals surface area (Å²) < 4.78 is 32.9. The number of amides is 1. The van der Waals surface area contributed by atoms with Gasteiger partial charge in [0.15, 0.2) is 0 Å². The number of piperidine rings is 1. The van der Waals surface area contributed by atoms with Crippen molar-refractivity contribution in [1.82, 2.24) is 10.0 Å². The number of carbonyl (C=O) groups excluding carboxylic acids is 1. The molecule has 0 saturated carbocycles. The topological polar surface area (TPSA) is 109 Å². The average Bonchev–Trinajstić information content (AvgIpc) is 3.15. The van der Waals surface area contributed by atoms with Gasteiger partial charge in [0.25, 0.3) is 10.0 Å². The van der Waals surface area contributed by atoms with E-state index < -0.39 is 15.4 Å². The Hall–Kier alpha value is -1.97. The Labute approximate surface area is 159 Å². The number of aliphatic imine (C=N–C) groups is 1. The highest BCUT2D eigenvalue weighted by Gasteiger charge is 2.39. The highest BCUT2D eigenvalue weighted by Crippen LogP contribution is 2.31. The SMILES string of the molecule is COCC1(C(=O)Nc2cccc(S(=O)(=O)NC3=NCCC3)c2)CCNCC1. The molecule has 0 unspecified atom stereocenters. The van der Waals surface area contributed by atoms with Crippen molar-refractivity contribution in [3.05, 3.63) is 24.3 Å². The van der Waals surface area contributed by atoms with E-state index in [2.05, 4.69) is 20.3 Å². The van der Waals surface area contributed by atoms with E-state index in [0.717, 1.165) is 19.5 Å². The van der Waals surface area contributed by atoms with Gasteiger partial charge in [-0.05, 0) is 50.6 Å². The molecule has 27 heavy (non-hydrogen) atoms. The van der Waals surface area contributed by atoms with Crippen LogP contribution in [0.25, 0.3) is 0 Å². The lowest BCUT2D eigenvalue weighted by atomic mass is 9.78. The van der Waals surface area contributed by atoms with Gasteiger partial charge in [-0.3, -0.25) is 14.5 Å². The van der Waals surface area contributed by atoms with Gasteiger partial charge in [-0.25, -0.2) is 8.42 Å². The van der Waals surface area contributed by atoms with E-state index in [0.29, 0.717) is 43.9 Å². The number of rotatable bonds is 6. The van der Waals surface area contributed by atoms with Crippen LogP contribution in [0.1, 0.15) is 25.7 Å². The minimum atomic E-state index is -3.72. The third-order valence-electron chi connectivity index (χ3n) is 4.99. The van der Waals surface area contributed by atoms with Gasteiger partial charge in [-0.15, -0.1) is 0 Å². The number of sulfonamides is 1. The van der Waals surface area contributed by atoms with Crippen molar-refractivity contribution in [3.8, 4) is 0 Å². The second-order valence-corrected chi connectivity index (χ2v) is 8.67. The fourth-order valence-electron chi connectivity index (χ4n) is 3.46. The molecule has 1 saturated heterocycles. The highest BCUT2D eigenvalue weighted by molar-refractivity contribution is 7.90. The van der Waals surface area contributed by atoms with E-state index >= 15 is 0 Å². The molecule has 0 bridgehead atoms. The summed E-state index contributed by atoms with van der Waals surface area (Å²) in [5, 5.41) is 6.12. The minimum absolute atomic E-state index is 0.0982. The summed E-state index contributed by atoms with van der Waals surface area (Å²) >= 11 is 0. The molecule has 0 aromatic heterocycles. The normalized spacial score (nSPS) is 19.4. The number of nitrogens with zero attached hydrogens (tertiary/aromatic N) is 1. The number of ether oxygens (including phenoxy) is 1. The Morgan fingerprint density at radius 1 is 1.33 bits per heavy atom. The van der Waals surface area contributed by atoms with Gasteiger partial charge in [0.2, 0.25) is 5.91 Å². The van der Waals surface area contributed by atoms with Crippen molar-refractivity contribution < 1.29 is 17.9 Å². The maximum atomic E-state index is 12.9. The van der Waals surface area contributed by atoms with Crippen molar-refractivity contribution in [1.29, 1.82) is 0 Å². The molecule has 2 aliphatic rings. The molecule has 2 heterocycles. The summed E-state index contributed by atoms with van der Waals surface area (Å²) in [5.41, 5.74) is -0.156. The van der Waals surface area contributed by atoms with Crippen molar-refractivity contribution in [3.63, 3.8) is 0 Å². The Morgan fingerprint density at radius 3 is 2.78 bits per heavy atom. The molecule has 1 aromatic rings. The second-order valence-electron chi connectivity index (χ2n) is 6.98. The van der Waals surface area contributed by atoms with Gasteiger partial charge >= 0.3 is 0 Å². The number of hydrogen-bond donors (Lipinski definition) is 3. The molecule has 148 valence electrons. The highest BCUT2D eigenvalue weighted by atomic mass is 32.2. The molecule has 0 radical (unpaired) electrons. The quantitative estimate of drug-likeness (QED) is 0.670. The average molecular weight is 394 g/mol. The van der Waals surface area contributed by atoms with Crippen LogP contribution in [0.15, 0.2) is 34.2 Å². The van der Waals surface area contributed by atoms with E-state index in [1.165, 1.54) is 12.1 Å². The lowest BCUT2D eigenvalue weighted by molar-refractivity contribution is -0.130. The molecular formula is C18H26N4O4S. The number of methoxy groups -OCH3 is 1. The smallest absolute Gasteiger partial charge is 0.262 e. The zero-order chi connectivity index (χ0) is 19.3. The van der Waals surface area contributed by atoms with Gasteiger partial charge in [-0.1, -0.05) is 6.07 Å². The van der Waals surface area contributed by atoms with Crippen molar-refractivity contribution in [2.24, 2.45) is 10.4 Å². The Kier molecular flexibility index (Phi) is 6.13. The first-order valence-electron chi connectivity index (χ1n) is 9.13. The largest absolute Gasteiger partial charge is 0.384 e. The van der Waals surface area contributed by atoms with Crippen LogP contribution >= 0.6 is 0 Å². The fourth-order valence-corrected chi connectivity index (χ4v) is 4.59. The summed E-state index contributed by atoms with van der Waals surface area (Å²) in [6.45, 7) is 2.47. The van der Waals surface area contributed by atoms with Crippen LogP contribution < -0.4 is 15.4 Å². The number of nitrogens with one attached hydrogen (secondary N) is 3. The molecule has 1 fully saturated rings. The van der Waals surface area contributed by atoms with Crippen LogP contribution in [0.2, 0.25) is 0 Å². The molecule has 1 aromatic carbocycles. The van der Waals surface area contributed by atoms with E-state index in [9.17, 15) is 13.2 Å². The lowest BCUT2D eigenvalue weighted by Gasteiger charge is -2.35. The van der Waals surface area contributed by atoms with Crippen LogP contribution in [0.4, 0.5) is 5.69 Å². The third kappa shape index (κ3) is 4.66. The van der Waals surface area contributed by atoms with Gasteiger partial charge in [0, 0.05) is 25.8 Å². The van der Waals surface area contributed by atoms with E-state index in [1.807, 2.05) is 0 Å². The second kappa shape index (κ2) is 8.37. The Balaban J connectivity index is 1.75. The van der Waals surface area contributed by atoms with E-state index in [4.69, 9.17) is 4.74 Å². The van der Waals surface area contributed by atoms with Gasteiger partial charge < -0.3 is 15.4 Å². The Bertz CT molecular complexity index is 811. The van der Waals surface area contributed by atoms with Crippen LogP contribution in [0.3, 0.4) is 0 Å². The van der Waals surface area contributed by atoms with Crippen molar-refractivity contribution in [2.75, 3.05) is 38.7 Å². The Morgan fingerprint density at radius 2 is 2.11 bits per heavy atom. The number of hydrogen-bond acceptors (Lipinski definition) is 6. The number of carbonyl (C=O) groups is 1. The molecular weight excluding hydrogens is 368 g/mol. The van der Waals surface area contributed by atoms with Gasteiger partial charge in [-0.2, -0.15) is 0 Å². The molecule has 0 spiro atoms. The molecule has 8 nitrogen and oxygen atoms in total. The first-order chi connectivity index (χ1) is 13.0. The predicted molar refractivity (Wildman–Crippen MR) is 103 cm³/mol. The zero-order valence-electron chi connectivity index (χ0n) is 15.5. The van der Waals surface area contributed by atoms with E-state index in [-0.39, 0.29) is 10.8 Å². The molecule has 3 N–H and O–H groups in total. The summed E-state index contributed by atoms with van der Waals surface area (Å²) in [6.07, 6.45) is 2.83. The summed E-state index contributed by atoms with van der Waals surface area (Å²) in [7, 11) is -2.13. The standard InChI is InChI=1S/C18H26N4O4S/c1-26-13-18(7-10-19-11-8-18)17(23)21-14-4-2-5-15(12-14)27(24,25)22-16-6-3-9-20-16/h2,4-5,12,19H,3,6-11,13H2,1H3,(H,20,22)(H,21,23). The lowest BCUT2D eigenvalue weighted by Crippen LogP contribution is -2.47. The van der Waals surface area contributed by atoms with Gasteiger partial charge in [0.1, 0.15) is 5.84 Å². The molecule has 3 rings (SSSR count). The molecule has 9 heteroatoms. The maximum absolute atomic E-state index is 12.9. The summed E-state index contributed by atoms with van der Waals surface area (Å²) in [4.78, 5) is 17.2. The number of benzene rings is 1. The van der Waals surface area contributed by atoms with Crippen molar-refractivity contribution >= 4 is 27.5 Å². The van der Waals surface area contributed by atoms with Crippen LogP contribution in [0.5, 0.6) is 0 Å². The summed E-state index contributed by atoms with van der Waals surface area (Å²) in [6, 6.07) is 6.28. The molecule has 0 atom stereocenters. The van der Waals surface area contributed by atoms with Gasteiger partial charge in [0.05, 0.1) is 16.9 Å². The zero-order valence-corrected chi connectivity index (χ0v) is 16.3. The van der Waals surface area contributed by atoms with Crippen LogP contribution in [-0.2, 0) is 19.6 Å². The van der Waals surface area contributed by atoms with Crippen LogP contribution in [0, 0.1) is 5.41 Å². The van der Waals surface area contributed by atoms with E-state index in [1.54, 1.807) is 19.2 Å². The third-order valence-corrected chi connectivity index (χ3v) is 6.37.